The third-order valence-electron chi connectivity index (χ3n) is 4.05. The standard InChI is InChI=1S/C15H27NO3/c1-3-4-5-8-11(2)16-14(17)12-9-6-7-10-13(12)15(18)19/h11-13H,3-10H2,1-2H3,(H,16,17)(H,18,19)/t11-,12-,13+/m1/s1. The van der Waals surface area contributed by atoms with E-state index in [9.17, 15) is 14.7 Å². The Hall–Kier alpha value is -1.06. The minimum atomic E-state index is -0.821. The quantitative estimate of drug-likeness (QED) is 0.698. The first-order valence-electron chi connectivity index (χ1n) is 7.59. The number of hydrogen-bond donors (Lipinski definition) is 2. The van der Waals surface area contributed by atoms with Crippen molar-refractivity contribution in [3.05, 3.63) is 0 Å². The van der Waals surface area contributed by atoms with Gasteiger partial charge in [-0.25, -0.2) is 0 Å². The number of aliphatic carboxylic acids is 1. The first kappa shape index (κ1) is 16.0. The number of carboxylic acids is 1. The van der Waals surface area contributed by atoms with Crippen molar-refractivity contribution in [1.82, 2.24) is 5.32 Å². The Morgan fingerprint density at radius 3 is 2.42 bits per heavy atom. The van der Waals surface area contributed by atoms with E-state index < -0.39 is 11.9 Å². The van der Waals surface area contributed by atoms with E-state index in [1.165, 1.54) is 12.8 Å². The van der Waals surface area contributed by atoms with Gasteiger partial charge >= 0.3 is 5.97 Å². The van der Waals surface area contributed by atoms with Gasteiger partial charge in [-0.1, -0.05) is 39.0 Å². The summed E-state index contributed by atoms with van der Waals surface area (Å²) in [6.45, 7) is 4.16. The fraction of sp³-hybridized carbons (Fsp3) is 0.867. The summed E-state index contributed by atoms with van der Waals surface area (Å²) in [5, 5.41) is 12.2. The Labute approximate surface area is 116 Å². The molecule has 4 heteroatoms. The highest BCUT2D eigenvalue weighted by molar-refractivity contribution is 5.85. The number of carboxylic acid groups (broad SMARTS) is 1. The molecule has 0 aliphatic heterocycles. The summed E-state index contributed by atoms with van der Waals surface area (Å²) in [6, 6.07) is 0.149. The van der Waals surface area contributed by atoms with Gasteiger partial charge in [0.1, 0.15) is 0 Å². The van der Waals surface area contributed by atoms with Gasteiger partial charge < -0.3 is 10.4 Å². The van der Waals surface area contributed by atoms with E-state index in [1.54, 1.807) is 0 Å². The van der Waals surface area contributed by atoms with Crippen LogP contribution in [-0.2, 0) is 9.59 Å². The van der Waals surface area contributed by atoms with E-state index in [0.717, 1.165) is 25.7 Å². The summed E-state index contributed by atoms with van der Waals surface area (Å²) in [5.41, 5.74) is 0. The molecule has 1 aliphatic rings. The number of amides is 1. The van der Waals surface area contributed by atoms with Crippen molar-refractivity contribution in [2.75, 3.05) is 0 Å². The van der Waals surface area contributed by atoms with E-state index in [4.69, 9.17) is 0 Å². The van der Waals surface area contributed by atoms with Crippen LogP contribution in [0.15, 0.2) is 0 Å². The van der Waals surface area contributed by atoms with Crippen molar-refractivity contribution < 1.29 is 14.7 Å². The van der Waals surface area contributed by atoms with Gasteiger partial charge in [-0.05, 0) is 26.2 Å². The van der Waals surface area contributed by atoms with Crippen LogP contribution in [0.5, 0.6) is 0 Å². The molecular formula is C15H27NO3. The number of carbonyl (C=O) groups excluding carboxylic acids is 1. The van der Waals surface area contributed by atoms with Gasteiger partial charge in [0, 0.05) is 6.04 Å². The van der Waals surface area contributed by atoms with Gasteiger partial charge in [0.25, 0.3) is 0 Å². The molecule has 4 nitrogen and oxygen atoms in total. The van der Waals surface area contributed by atoms with Gasteiger partial charge in [0.15, 0.2) is 0 Å². The zero-order valence-electron chi connectivity index (χ0n) is 12.2. The second-order valence-corrected chi connectivity index (χ2v) is 5.74. The molecule has 1 rings (SSSR count). The Morgan fingerprint density at radius 2 is 1.84 bits per heavy atom. The second-order valence-electron chi connectivity index (χ2n) is 5.74. The lowest BCUT2D eigenvalue weighted by molar-refractivity contribution is -0.149. The monoisotopic (exact) mass is 269 g/mol. The summed E-state index contributed by atoms with van der Waals surface area (Å²) >= 11 is 0. The lowest BCUT2D eigenvalue weighted by Crippen LogP contribution is -2.43. The number of carbonyl (C=O) groups is 2. The van der Waals surface area contributed by atoms with Gasteiger partial charge in [-0.15, -0.1) is 0 Å². The number of hydrogen-bond acceptors (Lipinski definition) is 2. The lowest BCUT2D eigenvalue weighted by atomic mass is 9.78. The second kappa shape index (κ2) is 8.18. The molecule has 1 amide bonds. The van der Waals surface area contributed by atoms with E-state index in [0.29, 0.717) is 12.8 Å². The summed E-state index contributed by atoms with van der Waals surface area (Å²) in [5.74, 6) is -1.70. The molecule has 0 heterocycles. The van der Waals surface area contributed by atoms with Gasteiger partial charge in [0.2, 0.25) is 5.91 Å². The van der Waals surface area contributed by atoms with E-state index in [2.05, 4.69) is 12.2 Å². The van der Waals surface area contributed by atoms with Crippen LogP contribution < -0.4 is 5.32 Å². The highest BCUT2D eigenvalue weighted by Crippen LogP contribution is 2.30. The molecule has 0 aromatic heterocycles. The van der Waals surface area contributed by atoms with Gasteiger partial charge in [0.05, 0.1) is 11.8 Å². The summed E-state index contributed by atoms with van der Waals surface area (Å²) in [4.78, 5) is 23.4. The third-order valence-corrected chi connectivity index (χ3v) is 4.05. The molecule has 0 spiro atoms. The van der Waals surface area contributed by atoms with Gasteiger partial charge in [-0.2, -0.15) is 0 Å². The average Bonchev–Trinajstić information content (AvgIpc) is 2.39. The summed E-state index contributed by atoms with van der Waals surface area (Å²) in [6.07, 6.45) is 7.68. The Bertz CT molecular complexity index is 304. The zero-order valence-corrected chi connectivity index (χ0v) is 12.2. The molecule has 1 saturated carbocycles. The van der Waals surface area contributed by atoms with Crippen LogP contribution in [-0.4, -0.2) is 23.0 Å². The zero-order chi connectivity index (χ0) is 14.3. The van der Waals surface area contributed by atoms with Crippen molar-refractivity contribution >= 4 is 11.9 Å². The number of rotatable bonds is 7. The van der Waals surface area contributed by atoms with E-state index >= 15 is 0 Å². The predicted molar refractivity (Wildman–Crippen MR) is 74.8 cm³/mol. The number of unbranched alkanes of at least 4 members (excludes halogenated alkanes) is 2. The molecule has 0 radical (unpaired) electrons. The minimum Gasteiger partial charge on any atom is -0.481 e. The van der Waals surface area contributed by atoms with Gasteiger partial charge in [-0.3, -0.25) is 9.59 Å². The maximum absolute atomic E-state index is 12.2. The summed E-state index contributed by atoms with van der Waals surface area (Å²) in [7, 11) is 0. The van der Waals surface area contributed by atoms with Crippen molar-refractivity contribution in [3.8, 4) is 0 Å². The minimum absolute atomic E-state index is 0.0592. The first-order valence-corrected chi connectivity index (χ1v) is 7.59. The smallest absolute Gasteiger partial charge is 0.307 e. The number of nitrogens with one attached hydrogen (secondary N) is 1. The lowest BCUT2D eigenvalue weighted by Gasteiger charge is -2.28. The van der Waals surface area contributed by atoms with Crippen LogP contribution in [0.2, 0.25) is 0 Å². The maximum Gasteiger partial charge on any atom is 0.307 e. The average molecular weight is 269 g/mol. The molecule has 2 N–H and O–H groups in total. The molecule has 0 aromatic carbocycles. The van der Waals surface area contributed by atoms with Crippen LogP contribution in [0.4, 0.5) is 0 Å². The van der Waals surface area contributed by atoms with Crippen molar-refractivity contribution in [2.45, 2.75) is 71.3 Å². The normalized spacial score (nSPS) is 24.7. The summed E-state index contributed by atoms with van der Waals surface area (Å²) < 4.78 is 0. The molecule has 19 heavy (non-hydrogen) atoms. The molecule has 3 atom stereocenters. The fourth-order valence-electron chi connectivity index (χ4n) is 2.86. The fourth-order valence-corrected chi connectivity index (χ4v) is 2.86. The van der Waals surface area contributed by atoms with Crippen molar-refractivity contribution in [3.63, 3.8) is 0 Å². The largest absolute Gasteiger partial charge is 0.481 e. The molecular weight excluding hydrogens is 242 g/mol. The van der Waals surface area contributed by atoms with Crippen molar-refractivity contribution in [1.29, 1.82) is 0 Å². The SMILES string of the molecule is CCCCC[C@@H](C)NC(=O)[C@@H]1CCCC[C@@H]1C(=O)O. The van der Waals surface area contributed by atoms with Crippen molar-refractivity contribution in [2.24, 2.45) is 11.8 Å². The molecule has 0 bridgehead atoms. The van der Waals surface area contributed by atoms with Crippen LogP contribution in [0.3, 0.4) is 0 Å². The molecule has 0 saturated heterocycles. The van der Waals surface area contributed by atoms with Crippen LogP contribution in [0, 0.1) is 11.8 Å². The topological polar surface area (TPSA) is 66.4 Å². The van der Waals surface area contributed by atoms with E-state index in [1.807, 2.05) is 6.92 Å². The van der Waals surface area contributed by atoms with Crippen LogP contribution in [0.25, 0.3) is 0 Å². The maximum atomic E-state index is 12.2. The molecule has 0 unspecified atom stereocenters. The van der Waals surface area contributed by atoms with Crippen LogP contribution >= 0.6 is 0 Å². The van der Waals surface area contributed by atoms with Crippen LogP contribution in [0.1, 0.15) is 65.2 Å². The highest BCUT2D eigenvalue weighted by Gasteiger charge is 2.35. The Morgan fingerprint density at radius 1 is 1.21 bits per heavy atom. The Balaban J connectivity index is 2.43. The molecule has 110 valence electrons. The molecule has 0 aromatic rings. The third kappa shape index (κ3) is 5.21. The highest BCUT2D eigenvalue weighted by atomic mass is 16.4. The first-order chi connectivity index (χ1) is 9.06. The molecule has 1 aliphatic carbocycles. The Kier molecular flexibility index (Phi) is 6.89. The predicted octanol–water partition coefficient (Wildman–Crippen LogP) is 2.96. The van der Waals surface area contributed by atoms with E-state index in [-0.39, 0.29) is 17.9 Å². The molecule has 1 fully saturated rings.